The number of hydrogen-bond acceptors (Lipinski definition) is 8. The first-order chi connectivity index (χ1) is 19.2. The van der Waals surface area contributed by atoms with E-state index in [4.69, 9.17) is 9.47 Å². The zero-order chi connectivity index (χ0) is 28.4. The molecule has 10 heteroatoms. The molecule has 216 valence electrons. The SMILES string of the molecule is CCOc1cc([C@@H](CS(C)(=O)=O)N2C(=O)c3cccc(N4CCC(C5CCNCC5)CC4)c3C2=O)ccc1OC. The van der Waals surface area contributed by atoms with Gasteiger partial charge in [-0.05, 0) is 87.4 Å². The molecule has 2 aromatic rings. The number of hydrogen-bond donors (Lipinski definition) is 1. The quantitative estimate of drug-likeness (QED) is 0.456. The minimum atomic E-state index is -3.56. The largest absolute Gasteiger partial charge is 0.493 e. The van der Waals surface area contributed by atoms with Crippen LogP contribution in [-0.2, 0) is 9.84 Å². The van der Waals surface area contributed by atoms with E-state index in [-0.39, 0.29) is 0 Å². The highest BCUT2D eigenvalue weighted by Gasteiger charge is 2.44. The second-order valence-electron chi connectivity index (χ2n) is 11.0. The molecule has 40 heavy (non-hydrogen) atoms. The number of piperidine rings is 2. The summed E-state index contributed by atoms with van der Waals surface area (Å²) >= 11 is 0. The third kappa shape index (κ3) is 5.69. The number of benzene rings is 2. The summed E-state index contributed by atoms with van der Waals surface area (Å²) in [5.41, 5.74) is 1.93. The van der Waals surface area contributed by atoms with Crippen LogP contribution in [0.15, 0.2) is 36.4 Å². The fraction of sp³-hybridized carbons (Fsp3) is 0.533. The second-order valence-corrected chi connectivity index (χ2v) is 13.2. The Morgan fingerprint density at radius 2 is 1.68 bits per heavy atom. The van der Waals surface area contributed by atoms with Gasteiger partial charge in [0.2, 0.25) is 0 Å². The maximum atomic E-state index is 14.0. The van der Waals surface area contributed by atoms with E-state index in [0.29, 0.717) is 40.7 Å². The van der Waals surface area contributed by atoms with E-state index in [1.165, 1.54) is 20.0 Å². The summed E-state index contributed by atoms with van der Waals surface area (Å²) in [5.74, 6) is 1.00. The standard InChI is InChI=1S/C30H39N3O6S/c1-4-39-27-18-22(8-9-26(27)38-2)25(19-40(3,36)37)33-29(34)23-6-5-7-24(28(23)30(33)35)32-16-12-21(13-17-32)20-10-14-31-15-11-20/h5-9,18,20-21,25,31H,4,10-17,19H2,1-3H3/t25-/m1/s1. The van der Waals surface area contributed by atoms with Gasteiger partial charge in [0.15, 0.2) is 11.5 Å². The lowest BCUT2D eigenvalue weighted by Gasteiger charge is -2.39. The number of sulfone groups is 1. The summed E-state index contributed by atoms with van der Waals surface area (Å²) in [6.07, 6.45) is 5.66. The third-order valence-corrected chi connectivity index (χ3v) is 9.42. The summed E-state index contributed by atoms with van der Waals surface area (Å²) in [6, 6.07) is 9.40. The van der Waals surface area contributed by atoms with Crippen LogP contribution in [0.25, 0.3) is 0 Å². The Balaban J connectivity index is 1.45. The lowest BCUT2D eigenvalue weighted by Crippen LogP contribution is -2.40. The van der Waals surface area contributed by atoms with E-state index in [2.05, 4.69) is 10.2 Å². The normalized spacial score (nSPS) is 19.6. The van der Waals surface area contributed by atoms with Crippen LogP contribution in [0, 0.1) is 11.8 Å². The Hall–Kier alpha value is -3.11. The number of anilines is 1. The number of nitrogens with one attached hydrogen (secondary N) is 1. The number of imide groups is 1. The van der Waals surface area contributed by atoms with Crippen LogP contribution >= 0.6 is 0 Å². The molecule has 1 atom stereocenters. The molecule has 0 aliphatic carbocycles. The first kappa shape index (κ1) is 28.4. The molecule has 3 aliphatic rings. The van der Waals surface area contributed by atoms with Gasteiger partial charge in [-0.25, -0.2) is 8.42 Å². The molecule has 0 radical (unpaired) electrons. The second kappa shape index (κ2) is 11.8. The van der Waals surface area contributed by atoms with E-state index >= 15 is 0 Å². The van der Waals surface area contributed by atoms with Gasteiger partial charge in [0, 0.05) is 19.3 Å². The Morgan fingerprint density at radius 1 is 0.975 bits per heavy atom. The molecule has 0 bridgehead atoms. The van der Waals surface area contributed by atoms with Crippen molar-refractivity contribution in [1.82, 2.24) is 10.2 Å². The fourth-order valence-corrected chi connectivity index (χ4v) is 7.45. The highest BCUT2D eigenvalue weighted by molar-refractivity contribution is 7.90. The van der Waals surface area contributed by atoms with E-state index in [9.17, 15) is 18.0 Å². The Morgan fingerprint density at radius 3 is 2.33 bits per heavy atom. The van der Waals surface area contributed by atoms with Gasteiger partial charge in [-0.15, -0.1) is 0 Å². The van der Waals surface area contributed by atoms with Crippen molar-refractivity contribution < 1.29 is 27.5 Å². The van der Waals surface area contributed by atoms with Gasteiger partial charge >= 0.3 is 0 Å². The molecule has 0 saturated carbocycles. The maximum absolute atomic E-state index is 14.0. The van der Waals surface area contributed by atoms with Crippen LogP contribution in [0.5, 0.6) is 11.5 Å². The Kier molecular flexibility index (Phi) is 8.37. The molecule has 5 rings (SSSR count). The van der Waals surface area contributed by atoms with Gasteiger partial charge in [0.1, 0.15) is 9.84 Å². The average Bonchev–Trinajstić information content (AvgIpc) is 3.21. The van der Waals surface area contributed by atoms with Crippen molar-refractivity contribution in [2.24, 2.45) is 11.8 Å². The molecule has 0 aromatic heterocycles. The molecular weight excluding hydrogens is 530 g/mol. The van der Waals surface area contributed by atoms with Crippen LogP contribution in [-0.4, -0.2) is 77.0 Å². The monoisotopic (exact) mass is 569 g/mol. The average molecular weight is 570 g/mol. The van der Waals surface area contributed by atoms with Crippen LogP contribution < -0.4 is 19.7 Å². The van der Waals surface area contributed by atoms with Crippen molar-refractivity contribution in [3.63, 3.8) is 0 Å². The van der Waals surface area contributed by atoms with Gasteiger partial charge in [-0.2, -0.15) is 0 Å². The first-order valence-electron chi connectivity index (χ1n) is 14.2. The molecule has 1 N–H and O–H groups in total. The smallest absolute Gasteiger partial charge is 0.264 e. The predicted molar refractivity (Wildman–Crippen MR) is 154 cm³/mol. The lowest BCUT2D eigenvalue weighted by atomic mass is 9.79. The van der Waals surface area contributed by atoms with E-state index in [0.717, 1.165) is 61.8 Å². The lowest BCUT2D eigenvalue weighted by molar-refractivity contribution is 0.0597. The number of amides is 2. The van der Waals surface area contributed by atoms with Crippen molar-refractivity contribution in [3.05, 3.63) is 53.1 Å². The molecule has 2 saturated heterocycles. The number of ether oxygens (including phenoxy) is 2. The number of fused-ring (bicyclic) bond motifs is 1. The molecule has 2 amide bonds. The van der Waals surface area contributed by atoms with Crippen LogP contribution in [0.2, 0.25) is 0 Å². The van der Waals surface area contributed by atoms with Crippen LogP contribution in [0.3, 0.4) is 0 Å². The van der Waals surface area contributed by atoms with E-state index in [1.54, 1.807) is 24.3 Å². The van der Waals surface area contributed by atoms with E-state index < -0.39 is 33.4 Å². The molecule has 3 aliphatic heterocycles. The molecule has 0 unspecified atom stereocenters. The van der Waals surface area contributed by atoms with Gasteiger partial charge in [0.05, 0.1) is 42.3 Å². The fourth-order valence-electron chi connectivity index (χ4n) is 6.54. The van der Waals surface area contributed by atoms with Crippen molar-refractivity contribution in [1.29, 1.82) is 0 Å². The van der Waals surface area contributed by atoms with Gasteiger partial charge in [0.25, 0.3) is 11.8 Å². The zero-order valence-electron chi connectivity index (χ0n) is 23.5. The number of methoxy groups -OCH3 is 1. The molecule has 3 heterocycles. The minimum absolute atomic E-state index is 0.319. The highest BCUT2D eigenvalue weighted by Crippen LogP contribution is 2.41. The summed E-state index contributed by atoms with van der Waals surface area (Å²) in [4.78, 5) is 31.1. The zero-order valence-corrected chi connectivity index (χ0v) is 24.3. The van der Waals surface area contributed by atoms with Crippen molar-refractivity contribution in [3.8, 4) is 11.5 Å². The maximum Gasteiger partial charge on any atom is 0.264 e. The first-order valence-corrected chi connectivity index (χ1v) is 16.2. The number of rotatable bonds is 9. The topological polar surface area (TPSA) is 105 Å². The van der Waals surface area contributed by atoms with Crippen molar-refractivity contribution >= 4 is 27.3 Å². The summed E-state index contributed by atoms with van der Waals surface area (Å²) in [7, 11) is -2.04. The molecular formula is C30H39N3O6S. The number of carbonyl (C=O) groups is 2. The van der Waals surface area contributed by atoms with Crippen molar-refractivity contribution in [2.75, 3.05) is 56.8 Å². The van der Waals surface area contributed by atoms with Gasteiger partial charge in [-0.3, -0.25) is 14.5 Å². The van der Waals surface area contributed by atoms with Crippen molar-refractivity contribution in [2.45, 2.75) is 38.6 Å². The summed E-state index contributed by atoms with van der Waals surface area (Å²) < 4.78 is 36.2. The third-order valence-electron chi connectivity index (χ3n) is 8.50. The van der Waals surface area contributed by atoms with Gasteiger partial charge < -0.3 is 19.7 Å². The highest BCUT2D eigenvalue weighted by atomic mass is 32.2. The molecule has 0 spiro atoms. The number of carbonyl (C=O) groups excluding carboxylic acids is 2. The predicted octanol–water partition coefficient (Wildman–Crippen LogP) is 3.69. The molecule has 2 fully saturated rings. The number of nitrogens with zero attached hydrogens (tertiary/aromatic N) is 2. The Labute approximate surface area is 236 Å². The van der Waals surface area contributed by atoms with Gasteiger partial charge in [-0.1, -0.05) is 12.1 Å². The molecule has 9 nitrogen and oxygen atoms in total. The van der Waals surface area contributed by atoms with Crippen LogP contribution in [0.4, 0.5) is 5.69 Å². The van der Waals surface area contributed by atoms with E-state index in [1.807, 2.05) is 19.1 Å². The Bertz CT molecular complexity index is 1360. The summed E-state index contributed by atoms with van der Waals surface area (Å²) in [5, 5.41) is 3.44. The molecule has 2 aromatic carbocycles. The van der Waals surface area contributed by atoms with Crippen LogP contribution in [0.1, 0.15) is 64.9 Å². The summed E-state index contributed by atoms with van der Waals surface area (Å²) in [6.45, 7) is 6.03. The minimum Gasteiger partial charge on any atom is -0.493 e.